The summed E-state index contributed by atoms with van der Waals surface area (Å²) in [6.07, 6.45) is 4.60. The maximum atomic E-state index is 12.7. The number of nitrogens with zero attached hydrogens (tertiary/aromatic N) is 2. The van der Waals surface area contributed by atoms with Gasteiger partial charge in [0.2, 0.25) is 0 Å². The van der Waals surface area contributed by atoms with Crippen molar-refractivity contribution in [3.8, 4) is 0 Å². The molecule has 0 aromatic heterocycles. The fourth-order valence-electron chi connectivity index (χ4n) is 3.86. The van der Waals surface area contributed by atoms with Crippen molar-refractivity contribution >= 4 is 17.7 Å². The van der Waals surface area contributed by atoms with E-state index < -0.39 is 0 Å². The predicted octanol–water partition coefficient (Wildman–Crippen LogP) is 2.81. The van der Waals surface area contributed by atoms with E-state index in [0.717, 1.165) is 56.3 Å². The van der Waals surface area contributed by atoms with Crippen LogP contribution in [0.1, 0.15) is 38.2 Å². The Kier molecular flexibility index (Phi) is 7.10. The van der Waals surface area contributed by atoms with Crippen molar-refractivity contribution in [1.29, 1.82) is 0 Å². The van der Waals surface area contributed by atoms with Gasteiger partial charge in [0.15, 0.2) is 0 Å². The van der Waals surface area contributed by atoms with Crippen molar-refractivity contribution in [2.45, 2.75) is 39.0 Å². The van der Waals surface area contributed by atoms with Crippen molar-refractivity contribution in [1.82, 2.24) is 10.2 Å². The highest BCUT2D eigenvalue weighted by atomic mass is 16.5. The van der Waals surface area contributed by atoms with E-state index in [1.54, 1.807) is 0 Å². The first-order valence-electron chi connectivity index (χ1n) is 10.2. The van der Waals surface area contributed by atoms with E-state index in [4.69, 9.17) is 4.74 Å². The third kappa shape index (κ3) is 5.45. The summed E-state index contributed by atoms with van der Waals surface area (Å²) in [7, 11) is 0. The van der Waals surface area contributed by atoms with Crippen LogP contribution in [0.15, 0.2) is 24.3 Å². The van der Waals surface area contributed by atoms with E-state index in [9.17, 15) is 9.59 Å². The highest BCUT2D eigenvalue weighted by molar-refractivity contribution is 5.94. The van der Waals surface area contributed by atoms with Crippen LogP contribution in [-0.2, 0) is 16.0 Å². The minimum atomic E-state index is -0.166. The molecule has 6 nitrogen and oxygen atoms in total. The van der Waals surface area contributed by atoms with Gasteiger partial charge in [-0.05, 0) is 69.3 Å². The number of hydrogen-bond acceptors (Lipinski definition) is 4. The summed E-state index contributed by atoms with van der Waals surface area (Å²) in [4.78, 5) is 28.0. The minimum Gasteiger partial charge on any atom is -0.466 e. The Labute approximate surface area is 161 Å². The van der Waals surface area contributed by atoms with Crippen molar-refractivity contribution in [3.05, 3.63) is 29.8 Å². The molecule has 0 bridgehead atoms. The maximum Gasteiger partial charge on any atom is 0.324 e. The minimum absolute atomic E-state index is 0.114. The third-order valence-corrected chi connectivity index (χ3v) is 5.53. The fraction of sp³-hybridized carbons (Fsp3) is 0.619. The molecule has 1 aromatic rings. The van der Waals surface area contributed by atoms with E-state index in [2.05, 4.69) is 5.32 Å². The van der Waals surface area contributed by atoms with E-state index in [-0.39, 0.29) is 12.0 Å². The van der Waals surface area contributed by atoms with Gasteiger partial charge < -0.3 is 15.0 Å². The second kappa shape index (κ2) is 9.74. The van der Waals surface area contributed by atoms with Crippen molar-refractivity contribution in [2.75, 3.05) is 44.2 Å². The molecule has 1 aromatic carbocycles. The Bertz CT molecular complexity index is 626. The van der Waals surface area contributed by atoms with Gasteiger partial charge >= 0.3 is 12.0 Å². The number of hydrogen-bond donors (Lipinski definition) is 1. The normalized spacial score (nSPS) is 18.2. The summed E-state index contributed by atoms with van der Waals surface area (Å²) in [6.45, 7) is 6.85. The molecular formula is C21H31N3O3. The fourth-order valence-corrected chi connectivity index (χ4v) is 3.86. The zero-order chi connectivity index (χ0) is 19.1. The molecule has 2 amide bonds. The van der Waals surface area contributed by atoms with Crippen LogP contribution in [0.3, 0.4) is 0 Å². The molecule has 148 valence electrons. The van der Waals surface area contributed by atoms with Crippen LogP contribution in [0.25, 0.3) is 0 Å². The number of nitrogens with one attached hydrogen (secondary N) is 1. The predicted molar refractivity (Wildman–Crippen MR) is 106 cm³/mol. The number of ether oxygens (including phenoxy) is 1. The van der Waals surface area contributed by atoms with Crippen LogP contribution in [-0.4, -0.2) is 56.2 Å². The van der Waals surface area contributed by atoms with Gasteiger partial charge in [-0.15, -0.1) is 0 Å². The summed E-state index contributed by atoms with van der Waals surface area (Å²) in [6, 6.07) is 8.07. The molecule has 2 aliphatic heterocycles. The number of urea groups is 1. The number of amides is 2. The molecule has 2 aliphatic rings. The van der Waals surface area contributed by atoms with Crippen LogP contribution in [0, 0.1) is 5.92 Å². The van der Waals surface area contributed by atoms with Crippen molar-refractivity contribution < 1.29 is 14.3 Å². The monoisotopic (exact) mass is 373 g/mol. The van der Waals surface area contributed by atoms with Gasteiger partial charge in [-0.3, -0.25) is 9.69 Å². The first-order valence-corrected chi connectivity index (χ1v) is 10.2. The Morgan fingerprint density at radius 1 is 1.19 bits per heavy atom. The van der Waals surface area contributed by atoms with Gasteiger partial charge in [-0.1, -0.05) is 12.1 Å². The first kappa shape index (κ1) is 19.7. The van der Waals surface area contributed by atoms with Gasteiger partial charge in [0.25, 0.3) is 0 Å². The van der Waals surface area contributed by atoms with E-state index in [1.807, 2.05) is 41.0 Å². The zero-order valence-corrected chi connectivity index (χ0v) is 16.3. The molecule has 0 unspecified atom stereocenters. The smallest absolute Gasteiger partial charge is 0.324 e. The van der Waals surface area contributed by atoms with Crippen LogP contribution in [0.5, 0.6) is 0 Å². The number of rotatable bonds is 8. The lowest BCUT2D eigenvalue weighted by molar-refractivity contribution is -0.143. The standard InChI is InChI=1S/C21H31N3O3/c1-2-27-20(25)8-5-17-3-6-19(7-4-17)24-16-15-23(21(24)26)14-11-18-9-12-22-13-10-18/h3-4,6-7,18,22H,2,5,8-16H2,1H3. The van der Waals surface area contributed by atoms with Crippen molar-refractivity contribution in [2.24, 2.45) is 5.92 Å². The first-order chi connectivity index (χ1) is 13.2. The highest BCUT2D eigenvalue weighted by Crippen LogP contribution is 2.23. The Hall–Kier alpha value is -2.08. The van der Waals surface area contributed by atoms with Crippen LogP contribution in [0.2, 0.25) is 0 Å². The maximum absolute atomic E-state index is 12.7. The SMILES string of the molecule is CCOC(=O)CCc1ccc(N2CCN(CCC3CCNCC3)C2=O)cc1. The van der Waals surface area contributed by atoms with E-state index in [1.165, 1.54) is 12.8 Å². The molecule has 27 heavy (non-hydrogen) atoms. The number of carbonyl (C=O) groups is 2. The molecule has 0 atom stereocenters. The zero-order valence-electron chi connectivity index (χ0n) is 16.3. The molecule has 0 spiro atoms. The molecule has 3 rings (SSSR count). The quantitative estimate of drug-likeness (QED) is 0.712. The molecule has 2 saturated heterocycles. The average molecular weight is 373 g/mol. The summed E-state index contributed by atoms with van der Waals surface area (Å²) in [5, 5.41) is 3.39. The second-order valence-corrected chi connectivity index (χ2v) is 7.37. The number of anilines is 1. The number of aryl methyl sites for hydroxylation is 1. The summed E-state index contributed by atoms with van der Waals surface area (Å²) >= 11 is 0. The second-order valence-electron chi connectivity index (χ2n) is 7.37. The van der Waals surface area contributed by atoms with E-state index in [0.29, 0.717) is 19.4 Å². The summed E-state index contributed by atoms with van der Waals surface area (Å²) < 4.78 is 4.96. The number of esters is 1. The average Bonchev–Trinajstić information content (AvgIpc) is 3.07. The Balaban J connectivity index is 1.48. The van der Waals surface area contributed by atoms with Gasteiger partial charge in [-0.25, -0.2) is 4.79 Å². The molecule has 6 heteroatoms. The number of carbonyl (C=O) groups excluding carboxylic acids is 2. The van der Waals surface area contributed by atoms with E-state index >= 15 is 0 Å². The lowest BCUT2D eigenvalue weighted by Gasteiger charge is -2.25. The molecule has 0 saturated carbocycles. The molecule has 0 radical (unpaired) electrons. The Morgan fingerprint density at radius 3 is 2.63 bits per heavy atom. The molecule has 2 heterocycles. The van der Waals surface area contributed by atoms with Gasteiger partial charge in [0, 0.05) is 31.7 Å². The molecule has 0 aliphatic carbocycles. The number of piperidine rings is 1. The Morgan fingerprint density at radius 2 is 1.93 bits per heavy atom. The molecule has 2 fully saturated rings. The van der Waals surface area contributed by atoms with Crippen molar-refractivity contribution in [3.63, 3.8) is 0 Å². The summed E-state index contributed by atoms with van der Waals surface area (Å²) in [5.74, 6) is 0.576. The summed E-state index contributed by atoms with van der Waals surface area (Å²) in [5.41, 5.74) is 2.02. The lowest BCUT2D eigenvalue weighted by atomic mass is 9.94. The highest BCUT2D eigenvalue weighted by Gasteiger charge is 2.29. The number of benzene rings is 1. The van der Waals surface area contributed by atoms with Crippen LogP contribution >= 0.6 is 0 Å². The van der Waals surface area contributed by atoms with Gasteiger partial charge in [0.1, 0.15) is 0 Å². The van der Waals surface area contributed by atoms with Gasteiger partial charge in [0.05, 0.1) is 6.61 Å². The van der Waals surface area contributed by atoms with Crippen LogP contribution < -0.4 is 10.2 Å². The van der Waals surface area contributed by atoms with Crippen LogP contribution in [0.4, 0.5) is 10.5 Å². The third-order valence-electron chi connectivity index (χ3n) is 5.53. The largest absolute Gasteiger partial charge is 0.466 e. The molecule has 1 N–H and O–H groups in total. The molecular weight excluding hydrogens is 342 g/mol. The van der Waals surface area contributed by atoms with Gasteiger partial charge in [-0.2, -0.15) is 0 Å². The lowest BCUT2D eigenvalue weighted by Crippen LogP contribution is -2.34. The topological polar surface area (TPSA) is 61.9 Å².